The van der Waals surface area contributed by atoms with E-state index in [4.69, 9.17) is 4.98 Å². The molecule has 1 aromatic heterocycles. The maximum Gasteiger partial charge on any atom is 0.0637 e. The molecule has 0 saturated heterocycles. The van der Waals surface area contributed by atoms with Crippen LogP contribution in [0.25, 0.3) is 5.57 Å². The van der Waals surface area contributed by atoms with Gasteiger partial charge >= 0.3 is 0 Å². The predicted octanol–water partition coefficient (Wildman–Crippen LogP) is 6.92. The molecule has 0 unspecified atom stereocenters. The van der Waals surface area contributed by atoms with Gasteiger partial charge in [-0.25, -0.2) is 0 Å². The van der Waals surface area contributed by atoms with Gasteiger partial charge in [-0.15, -0.1) is 6.58 Å². The van der Waals surface area contributed by atoms with E-state index in [-0.39, 0.29) is 0 Å². The van der Waals surface area contributed by atoms with Gasteiger partial charge in [0, 0.05) is 24.8 Å². The first-order valence-electron chi connectivity index (χ1n) is 10.0. The molecule has 0 spiro atoms. The quantitative estimate of drug-likeness (QED) is 0.295. The van der Waals surface area contributed by atoms with E-state index >= 15 is 0 Å². The molecule has 0 bridgehead atoms. The van der Waals surface area contributed by atoms with Gasteiger partial charge in [0.1, 0.15) is 0 Å². The molecule has 146 valence electrons. The molecule has 0 amide bonds. The van der Waals surface area contributed by atoms with Gasteiger partial charge in [0.25, 0.3) is 0 Å². The van der Waals surface area contributed by atoms with E-state index < -0.39 is 0 Å². The standard InChI is InChI=1S/C25H36N2/c1-8-13-16-27(15-10-3)25-18-22(19-26-24(25)14-9-2)23(20(6)7)17-21(11-4)12-5/h8,11-12,17-19H,1,4-5,9-10,13-16H2,2-3,6-7H3. The SMILES string of the molecule is C=CCCN(CCC)c1cc(C(C=C(C=C)C=C)=C(C)C)cnc1CCC. The average molecular weight is 365 g/mol. The third-order valence-electron chi connectivity index (χ3n) is 4.50. The Hall–Kier alpha value is -2.35. The number of rotatable bonds is 12. The van der Waals surface area contributed by atoms with Gasteiger partial charge in [-0.2, -0.15) is 0 Å². The van der Waals surface area contributed by atoms with Crippen molar-refractivity contribution in [2.45, 2.75) is 53.4 Å². The number of aromatic nitrogens is 1. The molecule has 0 fully saturated rings. The minimum atomic E-state index is 0.974. The molecule has 0 aliphatic rings. The molecule has 0 N–H and O–H groups in total. The Bertz CT molecular complexity index is 693. The Labute approximate surface area is 166 Å². The third-order valence-corrected chi connectivity index (χ3v) is 4.50. The highest BCUT2D eigenvalue weighted by molar-refractivity contribution is 5.79. The van der Waals surface area contributed by atoms with Crippen LogP contribution in [0.15, 0.2) is 67.5 Å². The Morgan fingerprint density at radius 2 is 1.78 bits per heavy atom. The molecule has 0 atom stereocenters. The van der Waals surface area contributed by atoms with E-state index in [0.717, 1.165) is 49.9 Å². The van der Waals surface area contributed by atoms with Gasteiger partial charge in [0.15, 0.2) is 0 Å². The summed E-state index contributed by atoms with van der Waals surface area (Å²) in [7, 11) is 0. The molecule has 0 aliphatic carbocycles. The predicted molar refractivity (Wildman–Crippen MR) is 122 cm³/mol. The number of allylic oxidation sites excluding steroid dienone is 6. The summed E-state index contributed by atoms with van der Waals surface area (Å²) in [6.45, 7) is 22.4. The second-order valence-corrected chi connectivity index (χ2v) is 6.97. The zero-order valence-electron chi connectivity index (χ0n) is 17.7. The zero-order chi connectivity index (χ0) is 20.2. The summed E-state index contributed by atoms with van der Waals surface area (Å²) in [5, 5.41) is 0. The van der Waals surface area contributed by atoms with Crippen LogP contribution in [-0.2, 0) is 6.42 Å². The van der Waals surface area contributed by atoms with E-state index in [1.165, 1.54) is 22.5 Å². The van der Waals surface area contributed by atoms with Crippen molar-refractivity contribution in [2.75, 3.05) is 18.0 Å². The smallest absolute Gasteiger partial charge is 0.0637 e. The summed E-state index contributed by atoms with van der Waals surface area (Å²) in [4.78, 5) is 7.32. The molecule has 2 nitrogen and oxygen atoms in total. The first-order chi connectivity index (χ1) is 13.0. The zero-order valence-corrected chi connectivity index (χ0v) is 17.7. The fraction of sp³-hybridized carbons (Fsp3) is 0.400. The van der Waals surface area contributed by atoms with Crippen LogP contribution in [0.3, 0.4) is 0 Å². The highest BCUT2D eigenvalue weighted by Crippen LogP contribution is 2.29. The van der Waals surface area contributed by atoms with E-state index in [9.17, 15) is 0 Å². The number of aryl methyl sites for hydroxylation is 1. The maximum absolute atomic E-state index is 4.86. The highest BCUT2D eigenvalue weighted by atomic mass is 15.1. The van der Waals surface area contributed by atoms with Crippen molar-refractivity contribution in [1.82, 2.24) is 4.98 Å². The normalized spacial score (nSPS) is 10.1. The fourth-order valence-corrected chi connectivity index (χ4v) is 3.09. The average Bonchev–Trinajstić information content (AvgIpc) is 2.66. The highest BCUT2D eigenvalue weighted by Gasteiger charge is 2.14. The van der Waals surface area contributed by atoms with Gasteiger partial charge in [-0.1, -0.05) is 57.2 Å². The summed E-state index contributed by atoms with van der Waals surface area (Å²) in [5.41, 5.74) is 7.03. The number of hydrogen-bond acceptors (Lipinski definition) is 2. The van der Waals surface area contributed by atoms with Crippen LogP contribution in [0.4, 0.5) is 5.69 Å². The Morgan fingerprint density at radius 3 is 2.30 bits per heavy atom. The van der Waals surface area contributed by atoms with E-state index in [2.05, 4.69) is 64.5 Å². The van der Waals surface area contributed by atoms with Crippen molar-refractivity contribution in [3.8, 4) is 0 Å². The minimum absolute atomic E-state index is 0.974. The van der Waals surface area contributed by atoms with Crippen molar-refractivity contribution >= 4 is 11.3 Å². The molecule has 1 heterocycles. The van der Waals surface area contributed by atoms with Gasteiger partial charge in [-0.05, 0) is 56.4 Å². The van der Waals surface area contributed by atoms with Gasteiger partial charge in [0.2, 0.25) is 0 Å². The van der Waals surface area contributed by atoms with Crippen LogP contribution in [0, 0.1) is 0 Å². The largest absolute Gasteiger partial charge is 0.370 e. The lowest BCUT2D eigenvalue weighted by Gasteiger charge is -2.27. The molecule has 0 aromatic carbocycles. The van der Waals surface area contributed by atoms with Crippen molar-refractivity contribution in [3.05, 3.63) is 78.7 Å². The molecule has 27 heavy (non-hydrogen) atoms. The van der Waals surface area contributed by atoms with Crippen LogP contribution in [0.1, 0.15) is 58.2 Å². The summed E-state index contributed by atoms with van der Waals surface area (Å²) < 4.78 is 0. The molecule has 1 aromatic rings. The lowest BCUT2D eigenvalue weighted by atomic mass is 9.98. The minimum Gasteiger partial charge on any atom is -0.370 e. The summed E-state index contributed by atoms with van der Waals surface area (Å²) >= 11 is 0. The van der Waals surface area contributed by atoms with Gasteiger partial charge < -0.3 is 4.90 Å². The molecule has 1 rings (SSSR count). The van der Waals surface area contributed by atoms with Crippen molar-refractivity contribution in [1.29, 1.82) is 0 Å². The molecular weight excluding hydrogens is 328 g/mol. The van der Waals surface area contributed by atoms with Crippen LogP contribution >= 0.6 is 0 Å². The lowest BCUT2D eigenvalue weighted by Crippen LogP contribution is -2.26. The van der Waals surface area contributed by atoms with Crippen molar-refractivity contribution in [2.24, 2.45) is 0 Å². The number of hydrogen-bond donors (Lipinski definition) is 0. The first kappa shape index (κ1) is 22.7. The van der Waals surface area contributed by atoms with E-state index in [1.54, 1.807) is 0 Å². The third kappa shape index (κ3) is 6.71. The number of nitrogens with zero attached hydrogens (tertiary/aromatic N) is 2. The van der Waals surface area contributed by atoms with Crippen molar-refractivity contribution in [3.63, 3.8) is 0 Å². The van der Waals surface area contributed by atoms with E-state index in [1.807, 2.05) is 24.4 Å². The monoisotopic (exact) mass is 364 g/mol. The van der Waals surface area contributed by atoms with Crippen molar-refractivity contribution < 1.29 is 0 Å². The first-order valence-corrected chi connectivity index (χ1v) is 10.0. The number of anilines is 1. The molecule has 2 heteroatoms. The Kier molecular flexibility index (Phi) is 10.2. The second-order valence-electron chi connectivity index (χ2n) is 6.97. The Balaban J connectivity index is 3.51. The summed E-state index contributed by atoms with van der Waals surface area (Å²) in [6.07, 6.45) is 14.0. The van der Waals surface area contributed by atoms with Gasteiger partial charge in [-0.3, -0.25) is 4.98 Å². The molecule has 0 aliphatic heterocycles. The fourth-order valence-electron chi connectivity index (χ4n) is 3.09. The topological polar surface area (TPSA) is 16.1 Å². The van der Waals surface area contributed by atoms with Gasteiger partial charge in [0.05, 0.1) is 11.4 Å². The second kappa shape index (κ2) is 12.1. The lowest BCUT2D eigenvalue weighted by molar-refractivity contribution is 0.750. The van der Waals surface area contributed by atoms with Crippen LogP contribution in [-0.4, -0.2) is 18.1 Å². The van der Waals surface area contributed by atoms with Crippen LogP contribution in [0.5, 0.6) is 0 Å². The molecule has 0 radical (unpaired) electrons. The van der Waals surface area contributed by atoms with Crippen LogP contribution in [0.2, 0.25) is 0 Å². The number of pyridine rings is 1. The summed E-state index contributed by atoms with van der Waals surface area (Å²) in [5.74, 6) is 0. The van der Waals surface area contributed by atoms with Crippen LogP contribution < -0.4 is 4.90 Å². The molecule has 0 saturated carbocycles. The Morgan fingerprint density at radius 1 is 1.07 bits per heavy atom. The van der Waals surface area contributed by atoms with E-state index in [0.29, 0.717) is 0 Å². The molecular formula is C25H36N2. The maximum atomic E-state index is 4.86. The summed E-state index contributed by atoms with van der Waals surface area (Å²) in [6, 6.07) is 2.30.